The van der Waals surface area contributed by atoms with Crippen LogP contribution in [0.15, 0.2) is 16.7 Å². The number of halogens is 1. The van der Waals surface area contributed by atoms with E-state index in [1.54, 1.807) is 0 Å². The van der Waals surface area contributed by atoms with Gasteiger partial charge >= 0.3 is 0 Å². The minimum Gasteiger partial charge on any atom is -0.366 e. The summed E-state index contributed by atoms with van der Waals surface area (Å²) in [6, 6.07) is 2.44. The molecule has 1 heterocycles. The van der Waals surface area contributed by atoms with Crippen LogP contribution >= 0.6 is 15.9 Å². The fraction of sp³-hybridized carbons (Fsp3) is 0.643. The molecule has 0 aromatic carbocycles. The van der Waals surface area contributed by atoms with Gasteiger partial charge in [0.05, 0.1) is 0 Å². The van der Waals surface area contributed by atoms with Gasteiger partial charge < -0.3 is 11.1 Å². The summed E-state index contributed by atoms with van der Waals surface area (Å²) in [5.41, 5.74) is 7.12. The molecule has 1 fully saturated rings. The predicted molar refractivity (Wildman–Crippen MR) is 79.7 cm³/mol. The largest absolute Gasteiger partial charge is 0.366 e. The van der Waals surface area contributed by atoms with Crippen molar-refractivity contribution in [2.24, 2.45) is 11.7 Å². The first-order valence-electron chi connectivity index (χ1n) is 6.79. The van der Waals surface area contributed by atoms with E-state index >= 15 is 0 Å². The standard InChI is InChI=1S/C14H22BrN3/c1-10-7-14(17-9-12(10)15)18-13(8-16)11-5-3-2-4-6-11/h7,9,11,13H,2-6,8,16H2,1H3,(H,17,18). The fourth-order valence-corrected chi connectivity index (χ4v) is 2.93. The third-order valence-corrected chi connectivity index (χ3v) is 4.68. The first-order valence-corrected chi connectivity index (χ1v) is 7.58. The molecule has 2 rings (SSSR count). The second-order valence-corrected chi connectivity index (χ2v) is 6.06. The lowest BCUT2D eigenvalue weighted by Gasteiger charge is -2.30. The van der Waals surface area contributed by atoms with E-state index in [1.807, 2.05) is 6.20 Å². The van der Waals surface area contributed by atoms with Crippen molar-refractivity contribution < 1.29 is 0 Å². The topological polar surface area (TPSA) is 50.9 Å². The molecule has 0 radical (unpaired) electrons. The average molecular weight is 312 g/mol. The van der Waals surface area contributed by atoms with Crippen molar-refractivity contribution in [3.05, 3.63) is 22.3 Å². The Kier molecular flexibility index (Phi) is 5.01. The molecule has 1 aliphatic rings. The Hall–Kier alpha value is -0.610. The molecule has 0 amide bonds. The minimum atomic E-state index is 0.360. The van der Waals surface area contributed by atoms with E-state index in [2.05, 4.69) is 39.2 Å². The van der Waals surface area contributed by atoms with Crippen LogP contribution < -0.4 is 11.1 Å². The maximum atomic E-state index is 5.92. The smallest absolute Gasteiger partial charge is 0.126 e. The highest BCUT2D eigenvalue weighted by Gasteiger charge is 2.22. The van der Waals surface area contributed by atoms with Crippen molar-refractivity contribution in [1.29, 1.82) is 0 Å². The van der Waals surface area contributed by atoms with Crippen LogP contribution in [-0.4, -0.2) is 17.6 Å². The number of nitrogens with zero attached hydrogens (tertiary/aromatic N) is 1. The fourth-order valence-electron chi connectivity index (χ4n) is 2.71. The van der Waals surface area contributed by atoms with E-state index in [4.69, 9.17) is 5.73 Å². The van der Waals surface area contributed by atoms with E-state index in [0.717, 1.165) is 10.3 Å². The van der Waals surface area contributed by atoms with Gasteiger partial charge in [-0.2, -0.15) is 0 Å². The van der Waals surface area contributed by atoms with Crippen molar-refractivity contribution in [3.8, 4) is 0 Å². The Morgan fingerprint density at radius 3 is 2.78 bits per heavy atom. The molecule has 0 bridgehead atoms. The minimum absolute atomic E-state index is 0.360. The zero-order valence-electron chi connectivity index (χ0n) is 11.0. The Labute approximate surface area is 118 Å². The second kappa shape index (κ2) is 6.53. The SMILES string of the molecule is Cc1cc(NC(CN)C2CCCCC2)ncc1Br. The number of pyridine rings is 1. The summed E-state index contributed by atoms with van der Waals surface area (Å²) in [7, 11) is 0. The molecule has 1 aromatic rings. The molecule has 1 unspecified atom stereocenters. The van der Waals surface area contributed by atoms with E-state index in [9.17, 15) is 0 Å². The zero-order chi connectivity index (χ0) is 13.0. The van der Waals surface area contributed by atoms with Crippen LogP contribution in [0, 0.1) is 12.8 Å². The quantitative estimate of drug-likeness (QED) is 0.895. The third-order valence-electron chi connectivity index (χ3n) is 3.85. The summed E-state index contributed by atoms with van der Waals surface area (Å²) >= 11 is 3.47. The van der Waals surface area contributed by atoms with Crippen molar-refractivity contribution in [2.75, 3.05) is 11.9 Å². The van der Waals surface area contributed by atoms with Gasteiger partial charge in [-0.3, -0.25) is 0 Å². The lowest BCUT2D eigenvalue weighted by Crippen LogP contribution is -2.37. The van der Waals surface area contributed by atoms with E-state index < -0.39 is 0 Å². The highest BCUT2D eigenvalue weighted by atomic mass is 79.9. The normalized spacial score (nSPS) is 18.6. The van der Waals surface area contributed by atoms with E-state index in [-0.39, 0.29) is 0 Å². The number of aromatic nitrogens is 1. The maximum Gasteiger partial charge on any atom is 0.126 e. The second-order valence-electron chi connectivity index (χ2n) is 5.20. The molecule has 1 saturated carbocycles. The average Bonchev–Trinajstić information content (AvgIpc) is 2.41. The monoisotopic (exact) mass is 311 g/mol. The molecule has 0 saturated heterocycles. The summed E-state index contributed by atoms with van der Waals surface area (Å²) in [4.78, 5) is 4.41. The summed E-state index contributed by atoms with van der Waals surface area (Å²) in [5, 5.41) is 3.51. The Morgan fingerprint density at radius 1 is 1.44 bits per heavy atom. The van der Waals surface area contributed by atoms with Crippen molar-refractivity contribution in [1.82, 2.24) is 4.98 Å². The summed E-state index contributed by atoms with van der Waals surface area (Å²) in [6.45, 7) is 2.76. The first kappa shape index (κ1) is 13.8. The number of nitrogens with two attached hydrogens (primary N) is 1. The van der Waals surface area contributed by atoms with Crippen LogP contribution in [0.3, 0.4) is 0 Å². The molecule has 1 aromatic heterocycles. The molecular formula is C14H22BrN3. The van der Waals surface area contributed by atoms with Gasteiger partial charge in [-0.05, 0) is 53.2 Å². The lowest BCUT2D eigenvalue weighted by atomic mass is 9.84. The van der Waals surface area contributed by atoms with Crippen LogP contribution in [0.1, 0.15) is 37.7 Å². The molecule has 3 N–H and O–H groups in total. The number of hydrogen-bond acceptors (Lipinski definition) is 3. The van der Waals surface area contributed by atoms with Gasteiger partial charge in [-0.15, -0.1) is 0 Å². The molecule has 1 aliphatic carbocycles. The Morgan fingerprint density at radius 2 is 2.17 bits per heavy atom. The van der Waals surface area contributed by atoms with Crippen molar-refractivity contribution in [2.45, 2.75) is 45.1 Å². The summed E-state index contributed by atoms with van der Waals surface area (Å²) in [5.74, 6) is 1.64. The van der Waals surface area contributed by atoms with Crippen LogP contribution in [0.25, 0.3) is 0 Å². The number of anilines is 1. The third kappa shape index (κ3) is 3.45. The molecule has 1 atom stereocenters. The molecule has 18 heavy (non-hydrogen) atoms. The number of hydrogen-bond donors (Lipinski definition) is 2. The zero-order valence-corrected chi connectivity index (χ0v) is 12.5. The summed E-state index contributed by atoms with van der Waals surface area (Å²) in [6.07, 6.45) is 8.51. The molecule has 4 heteroatoms. The number of rotatable bonds is 4. The van der Waals surface area contributed by atoms with Crippen LogP contribution in [0.4, 0.5) is 5.82 Å². The van der Waals surface area contributed by atoms with Gasteiger partial charge in [0.25, 0.3) is 0 Å². The van der Waals surface area contributed by atoms with Crippen LogP contribution in [-0.2, 0) is 0 Å². The summed E-state index contributed by atoms with van der Waals surface area (Å²) < 4.78 is 1.05. The molecule has 0 spiro atoms. The van der Waals surface area contributed by atoms with Gasteiger partial charge in [-0.25, -0.2) is 4.98 Å². The van der Waals surface area contributed by atoms with Crippen LogP contribution in [0.5, 0.6) is 0 Å². The first-order chi connectivity index (χ1) is 8.70. The van der Waals surface area contributed by atoms with Crippen molar-refractivity contribution in [3.63, 3.8) is 0 Å². The molecule has 100 valence electrons. The predicted octanol–water partition coefficient (Wildman–Crippen LogP) is 3.47. The molecular weight excluding hydrogens is 290 g/mol. The van der Waals surface area contributed by atoms with Crippen LogP contribution in [0.2, 0.25) is 0 Å². The van der Waals surface area contributed by atoms with Gasteiger partial charge in [0.15, 0.2) is 0 Å². The van der Waals surface area contributed by atoms with E-state index in [0.29, 0.717) is 18.5 Å². The van der Waals surface area contributed by atoms with Gasteiger partial charge in [0.1, 0.15) is 5.82 Å². The van der Waals surface area contributed by atoms with E-state index in [1.165, 1.54) is 37.7 Å². The number of aryl methyl sites for hydroxylation is 1. The Bertz CT molecular complexity index is 389. The molecule has 3 nitrogen and oxygen atoms in total. The number of nitrogens with one attached hydrogen (secondary N) is 1. The maximum absolute atomic E-state index is 5.92. The highest BCUT2D eigenvalue weighted by Crippen LogP contribution is 2.28. The molecule has 0 aliphatic heterocycles. The van der Waals surface area contributed by atoms with Crippen molar-refractivity contribution >= 4 is 21.7 Å². The van der Waals surface area contributed by atoms with Gasteiger partial charge in [0.2, 0.25) is 0 Å². The van der Waals surface area contributed by atoms with Gasteiger partial charge in [0, 0.05) is 23.3 Å². The van der Waals surface area contributed by atoms with Gasteiger partial charge in [-0.1, -0.05) is 19.3 Å². The lowest BCUT2D eigenvalue weighted by molar-refractivity contribution is 0.320. The highest BCUT2D eigenvalue weighted by molar-refractivity contribution is 9.10. The Balaban J connectivity index is 2.02.